The number of methoxy groups -OCH3 is 1. The van der Waals surface area contributed by atoms with Gasteiger partial charge in [-0.15, -0.1) is 0 Å². The lowest BCUT2D eigenvalue weighted by atomic mass is 9.97. The normalized spacial score (nSPS) is 15.5. The molecule has 0 spiro atoms. The lowest BCUT2D eigenvalue weighted by Gasteiger charge is -2.27. The molecule has 156 valence electrons. The van der Waals surface area contributed by atoms with Gasteiger partial charge in [0.1, 0.15) is 22.9 Å². The van der Waals surface area contributed by atoms with Crippen molar-refractivity contribution in [3.05, 3.63) is 94.1 Å². The Morgan fingerprint density at radius 2 is 1.97 bits per heavy atom. The maximum absolute atomic E-state index is 14.2. The molecular weight excluding hydrogens is 419 g/mol. The molecular formula is C23H18ClFN4O2. The predicted octanol–water partition coefficient (Wildman–Crippen LogP) is 4.46. The first-order valence-corrected chi connectivity index (χ1v) is 10.00. The Hall–Kier alpha value is -3.58. The van der Waals surface area contributed by atoms with Gasteiger partial charge in [-0.05, 0) is 35.9 Å². The van der Waals surface area contributed by atoms with Crippen molar-refractivity contribution in [2.45, 2.75) is 12.6 Å². The number of benzene rings is 2. The van der Waals surface area contributed by atoms with Gasteiger partial charge in [0.25, 0.3) is 5.91 Å². The molecule has 0 saturated carbocycles. The van der Waals surface area contributed by atoms with Crippen LogP contribution in [0.2, 0.25) is 5.02 Å². The lowest BCUT2D eigenvalue weighted by molar-refractivity contribution is 0.0731. The summed E-state index contributed by atoms with van der Waals surface area (Å²) in [4.78, 5) is 19.5. The van der Waals surface area contributed by atoms with Crippen LogP contribution in [0.15, 0.2) is 60.9 Å². The molecule has 0 radical (unpaired) electrons. The molecule has 8 heteroatoms. The number of amides is 1. The highest BCUT2D eigenvalue weighted by Crippen LogP contribution is 2.45. The number of ether oxygens (including phenoxy) is 1. The molecule has 0 saturated heterocycles. The van der Waals surface area contributed by atoms with E-state index in [0.29, 0.717) is 38.9 Å². The third-order valence-corrected chi connectivity index (χ3v) is 5.92. The van der Waals surface area contributed by atoms with Crippen LogP contribution in [0.5, 0.6) is 5.75 Å². The van der Waals surface area contributed by atoms with Crippen LogP contribution in [0, 0.1) is 5.82 Å². The van der Waals surface area contributed by atoms with E-state index in [1.165, 1.54) is 18.2 Å². The molecule has 0 fully saturated rings. The second-order valence-corrected chi connectivity index (χ2v) is 7.77. The van der Waals surface area contributed by atoms with E-state index in [0.717, 1.165) is 5.56 Å². The number of rotatable bonds is 4. The van der Waals surface area contributed by atoms with Crippen molar-refractivity contribution in [1.29, 1.82) is 0 Å². The van der Waals surface area contributed by atoms with Crippen LogP contribution in [0.25, 0.3) is 5.65 Å². The van der Waals surface area contributed by atoms with Crippen molar-refractivity contribution in [2.75, 3.05) is 12.8 Å². The highest BCUT2D eigenvalue weighted by molar-refractivity contribution is 6.31. The molecule has 5 rings (SSSR count). The fourth-order valence-electron chi connectivity index (χ4n) is 4.15. The highest BCUT2D eigenvalue weighted by Gasteiger charge is 2.42. The Kier molecular flexibility index (Phi) is 4.55. The average molecular weight is 437 g/mol. The van der Waals surface area contributed by atoms with Crippen LogP contribution in [0.3, 0.4) is 0 Å². The molecule has 2 aromatic carbocycles. The maximum Gasteiger partial charge on any atom is 0.272 e. The first kappa shape index (κ1) is 19.4. The molecule has 1 aliphatic heterocycles. The van der Waals surface area contributed by atoms with Crippen LogP contribution in [0.4, 0.5) is 10.1 Å². The Morgan fingerprint density at radius 1 is 1.19 bits per heavy atom. The number of nitrogens with two attached hydrogens (primary N) is 1. The van der Waals surface area contributed by atoms with Crippen molar-refractivity contribution >= 4 is 28.8 Å². The van der Waals surface area contributed by atoms with Crippen LogP contribution in [0.1, 0.15) is 33.2 Å². The first-order valence-electron chi connectivity index (χ1n) is 9.62. The summed E-state index contributed by atoms with van der Waals surface area (Å²) < 4.78 is 21.1. The predicted molar refractivity (Wildman–Crippen MR) is 116 cm³/mol. The number of nitrogens with zero attached hydrogens (tertiary/aromatic N) is 3. The summed E-state index contributed by atoms with van der Waals surface area (Å²) in [6.45, 7) is 0.282. The molecule has 1 aliphatic rings. The standard InChI is InChI=1S/C23H18ClFN4O2/c1-31-15-5-2-13(3-6-15)12-29-21(16-10-14(25)4-7-17(16)24)20-18(26)11-19-27-8-9-28(19)22(20)23(29)30/h2-11,21H,12,26H2,1H3. The molecule has 1 amide bonds. The van der Waals surface area contributed by atoms with Gasteiger partial charge in [0.15, 0.2) is 0 Å². The Bertz CT molecular complexity index is 1320. The number of carbonyl (C=O) groups is 1. The number of anilines is 1. The number of imidazole rings is 1. The van der Waals surface area contributed by atoms with E-state index >= 15 is 0 Å². The van der Waals surface area contributed by atoms with Crippen molar-refractivity contribution in [3.8, 4) is 5.75 Å². The molecule has 2 N–H and O–H groups in total. The number of fused-ring (bicyclic) bond motifs is 3. The second kappa shape index (κ2) is 7.28. The number of hydrogen-bond donors (Lipinski definition) is 1. The van der Waals surface area contributed by atoms with Gasteiger partial charge in [-0.3, -0.25) is 9.20 Å². The van der Waals surface area contributed by atoms with E-state index in [2.05, 4.69) is 4.98 Å². The minimum absolute atomic E-state index is 0.230. The highest BCUT2D eigenvalue weighted by atomic mass is 35.5. The van der Waals surface area contributed by atoms with Gasteiger partial charge in [0, 0.05) is 46.8 Å². The third-order valence-electron chi connectivity index (χ3n) is 5.57. The van der Waals surface area contributed by atoms with Gasteiger partial charge in [-0.25, -0.2) is 9.37 Å². The quantitative estimate of drug-likeness (QED) is 0.512. The number of aromatic nitrogens is 2. The molecule has 31 heavy (non-hydrogen) atoms. The minimum Gasteiger partial charge on any atom is -0.497 e. The minimum atomic E-state index is -0.639. The SMILES string of the molecule is COc1ccc(CN2C(=O)c3c(c(N)cc4nccn34)C2c2cc(F)ccc2Cl)cc1. The van der Waals surface area contributed by atoms with Gasteiger partial charge >= 0.3 is 0 Å². The lowest BCUT2D eigenvalue weighted by Crippen LogP contribution is -2.29. The van der Waals surface area contributed by atoms with Crippen LogP contribution in [-0.2, 0) is 6.54 Å². The largest absolute Gasteiger partial charge is 0.497 e. The van der Waals surface area contributed by atoms with E-state index in [1.807, 2.05) is 24.3 Å². The summed E-state index contributed by atoms with van der Waals surface area (Å²) in [5, 5.41) is 0.358. The van der Waals surface area contributed by atoms with E-state index in [1.54, 1.807) is 34.9 Å². The monoisotopic (exact) mass is 436 g/mol. The Balaban J connectivity index is 1.70. The fourth-order valence-corrected chi connectivity index (χ4v) is 4.37. The van der Waals surface area contributed by atoms with Gasteiger partial charge in [0.05, 0.1) is 13.2 Å². The summed E-state index contributed by atoms with van der Waals surface area (Å²) in [7, 11) is 1.59. The molecule has 0 aliphatic carbocycles. The van der Waals surface area contributed by atoms with Crippen LogP contribution >= 0.6 is 11.6 Å². The molecule has 2 aromatic heterocycles. The smallest absolute Gasteiger partial charge is 0.272 e. The number of hydrogen-bond acceptors (Lipinski definition) is 4. The van der Waals surface area contributed by atoms with Crippen molar-refractivity contribution < 1.29 is 13.9 Å². The number of pyridine rings is 1. The Morgan fingerprint density at radius 3 is 2.71 bits per heavy atom. The summed E-state index contributed by atoms with van der Waals surface area (Å²) in [6.07, 6.45) is 3.32. The summed E-state index contributed by atoms with van der Waals surface area (Å²) in [5.74, 6) is 0.0484. The van der Waals surface area contributed by atoms with Gasteiger partial charge < -0.3 is 15.4 Å². The van der Waals surface area contributed by atoms with Crippen molar-refractivity contribution in [1.82, 2.24) is 14.3 Å². The van der Waals surface area contributed by atoms with Gasteiger partial charge in [-0.2, -0.15) is 0 Å². The number of halogens is 2. The molecule has 0 bridgehead atoms. The fraction of sp³-hybridized carbons (Fsp3) is 0.130. The summed E-state index contributed by atoms with van der Waals surface area (Å²) >= 11 is 6.47. The summed E-state index contributed by atoms with van der Waals surface area (Å²) in [6, 6.07) is 12.6. The zero-order chi connectivity index (χ0) is 21.7. The molecule has 1 unspecified atom stereocenters. The molecule has 4 aromatic rings. The average Bonchev–Trinajstić information content (AvgIpc) is 3.33. The van der Waals surface area contributed by atoms with E-state index < -0.39 is 11.9 Å². The van der Waals surface area contributed by atoms with Crippen molar-refractivity contribution in [2.24, 2.45) is 0 Å². The zero-order valence-electron chi connectivity index (χ0n) is 16.5. The van der Waals surface area contributed by atoms with Crippen LogP contribution < -0.4 is 10.5 Å². The first-order chi connectivity index (χ1) is 15.0. The number of nitrogen functional groups attached to an aromatic ring is 1. The topological polar surface area (TPSA) is 72.9 Å². The summed E-state index contributed by atoms with van der Waals surface area (Å²) in [5.41, 5.74) is 9.73. The second-order valence-electron chi connectivity index (χ2n) is 7.37. The van der Waals surface area contributed by atoms with E-state index in [9.17, 15) is 9.18 Å². The van der Waals surface area contributed by atoms with Gasteiger partial charge in [-0.1, -0.05) is 23.7 Å². The van der Waals surface area contributed by atoms with E-state index in [4.69, 9.17) is 22.1 Å². The zero-order valence-corrected chi connectivity index (χ0v) is 17.3. The van der Waals surface area contributed by atoms with Crippen molar-refractivity contribution in [3.63, 3.8) is 0 Å². The molecule has 3 heterocycles. The molecule has 6 nitrogen and oxygen atoms in total. The maximum atomic E-state index is 14.2. The third kappa shape index (κ3) is 3.09. The van der Waals surface area contributed by atoms with Crippen LogP contribution in [-0.4, -0.2) is 27.3 Å². The van der Waals surface area contributed by atoms with E-state index in [-0.39, 0.29) is 12.5 Å². The molecule has 1 atom stereocenters. The number of carbonyl (C=O) groups excluding carboxylic acids is 1. The van der Waals surface area contributed by atoms with Gasteiger partial charge in [0.2, 0.25) is 0 Å². The Labute approximate surface area is 182 Å².